The highest BCUT2D eigenvalue weighted by atomic mass is 32.1. The summed E-state index contributed by atoms with van der Waals surface area (Å²) in [7, 11) is 4.35. The van der Waals surface area contributed by atoms with Crippen LogP contribution in [0.25, 0.3) is 0 Å². The smallest absolute Gasteiger partial charge is 0.0551 e. The van der Waals surface area contributed by atoms with Crippen LogP contribution in [0.2, 0.25) is 0 Å². The van der Waals surface area contributed by atoms with Gasteiger partial charge in [-0.3, -0.25) is 4.90 Å². The van der Waals surface area contributed by atoms with Gasteiger partial charge in [0, 0.05) is 42.4 Å². The third-order valence-electron chi connectivity index (χ3n) is 4.18. The zero-order chi connectivity index (χ0) is 12.6. The Balaban J connectivity index is 1.68. The predicted molar refractivity (Wildman–Crippen MR) is 74.9 cm³/mol. The molecule has 2 aliphatic rings. The van der Waals surface area contributed by atoms with Crippen LogP contribution in [0.15, 0.2) is 17.5 Å². The fourth-order valence-corrected chi connectivity index (χ4v) is 4.29. The molecular formula is C14H22N2OS. The molecular weight excluding hydrogens is 244 g/mol. The summed E-state index contributed by atoms with van der Waals surface area (Å²) >= 11 is 1.87. The van der Waals surface area contributed by atoms with Gasteiger partial charge in [-0.05, 0) is 25.5 Å². The molecule has 4 heteroatoms. The molecule has 3 nitrogen and oxygen atoms in total. The van der Waals surface area contributed by atoms with Crippen LogP contribution in [-0.4, -0.2) is 56.7 Å². The topological polar surface area (TPSA) is 15.7 Å². The Morgan fingerprint density at radius 3 is 3.17 bits per heavy atom. The molecule has 2 fully saturated rings. The standard InChI is InChI=1S/C14H22N2OS/c1-15(2)9-14-10-16(6-12(14)8-17-11-14)7-13-4-3-5-18-13/h3-5,12H,6-11H2,1-2H3/t12-,14+/m1/s1. The molecule has 2 saturated heterocycles. The molecule has 2 atom stereocenters. The van der Waals surface area contributed by atoms with E-state index in [1.54, 1.807) is 0 Å². The zero-order valence-corrected chi connectivity index (χ0v) is 12.1. The summed E-state index contributed by atoms with van der Waals surface area (Å²) in [6.45, 7) is 6.55. The molecule has 0 radical (unpaired) electrons. The minimum absolute atomic E-state index is 0.376. The van der Waals surface area contributed by atoms with Gasteiger partial charge in [0.25, 0.3) is 0 Å². The van der Waals surface area contributed by atoms with Crippen LogP contribution in [0.3, 0.4) is 0 Å². The second-order valence-corrected chi connectivity index (χ2v) is 7.09. The first-order chi connectivity index (χ1) is 8.68. The number of thiophene rings is 1. The van der Waals surface area contributed by atoms with Crippen molar-refractivity contribution in [1.82, 2.24) is 9.80 Å². The van der Waals surface area contributed by atoms with Crippen LogP contribution in [-0.2, 0) is 11.3 Å². The lowest BCUT2D eigenvalue weighted by Crippen LogP contribution is -2.40. The van der Waals surface area contributed by atoms with Crippen molar-refractivity contribution in [2.75, 3.05) is 46.9 Å². The summed E-state index contributed by atoms with van der Waals surface area (Å²) in [6.07, 6.45) is 0. The SMILES string of the molecule is CN(C)C[C@]12COC[C@H]1CN(Cc1cccs1)C2. The van der Waals surface area contributed by atoms with E-state index in [2.05, 4.69) is 41.4 Å². The van der Waals surface area contributed by atoms with Crippen molar-refractivity contribution in [1.29, 1.82) is 0 Å². The molecule has 100 valence electrons. The first kappa shape index (κ1) is 12.6. The zero-order valence-electron chi connectivity index (χ0n) is 11.3. The summed E-state index contributed by atoms with van der Waals surface area (Å²) < 4.78 is 5.75. The van der Waals surface area contributed by atoms with Crippen molar-refractivity contribution in [3.8, 4) is 0 Å². The lowest BCUT2D eigenvalue weighted by Gasteiger charge is -2.30. The third-order valence-corrected chi connectivity index (χ3v) is 5.04. The van der Waals surface area contributed by atoms with Gasteiger partial charge in [0.1, 0.15) is 0 Å². The first-order valence-corrected chi connectivity index (χ1v) is 7.53. The fraction of sp³-hybridized carbons (Fsp3) is 0.714. The van der Waals surface area contributed by atoms with Gasteiger partial charge < -0.3 is 9.64 Å². The maximum atomic E-state index is 5.75. The Morgan fingerprint density at radius 2 is 2.44 bits per heavy atom. The minimum atomic E-state index is 0.376. The van der Waals surface area contributed by atoms with E-state index < -0.39 is 0 Å². The molecule has 0 unspecified atom stereocenters. The minimum Gasteiger partial charge on any atom is -0.380 e. The van der Waals surface area contributed by atoms with Gasteiger partial charge >= 0.3 is 0 Å². The average Bonchev–Trinajstić information content (AvgIpc) is 2.93. The highest BCUT2D eigenvalue weighted by molar-refractivity contribution is 7.09. The molecule has 0 amide bonds. The maximum Gasteiger partial charge on any atom is 0.0551 e. The predicted octanol–water partition coefficient (Wildman–Crippen LogP) is 1.76. The second kappa shape index (κ2) is 4.93. The van der Waals surface area contributed by atoms with Crippen LogP contribution in [0, 0.1) is 11.3 Å². The van der Waals surface area contributed by atoms with E-state index in [1.165, 1.54) is 18.0 Å². The third kappa shape index (κ3) is 2.35. The number of fused-ring (bicyclic) bond motifs is 1. The van der Waals surface area contributed by atoms with Crippen molar-refractivity contribution >= 4 is 11.3 Å². The van der Waals surface area contributed by atoms with Gasteiger partial charge in [-0.2, -0.15) is 0 Å². The molecule has 1 aromatic rings. The Kier molecular flexibility index (Phi) is 3.45. The Hall–Kier alpha value is -0.420. The van der Waals surface area contributed by atoms with Crippen molar-refractivity contribution in [3.05, 3.63) is 22.4 Å². The average molecular weight is 266 g/mol. The van der Waals surface area contributed by atoms with Gasteiger partial charge in [-0.25, -0.2) is 0 Å². The number of nitrogens with zero attached hydrogens (tertiary/aromatic N) is 2. The van der Waals surface area contributed by atoms with E-state index >= 15 is 0 Å². The van der Waals surface area contributed by atoms with Crippen LogP contribution in [0.4, 0.5) is 0 Å². The number of hydrogen-bond donors (Lipinski definition) is 0. The van der Waals surface area contributed by atoms with Crippen molar-refractivity contribution in [3.63, 3.8) is 0 Å². The van der Waals surface area contributed by atoms with Crippen molar-refractivity contribution in [2.24, 2.45) is 11.3 Å². The van der Waals surface area contributed by atoms with Crippen LogP contribution in [0.1, 0.15) is 4.88 Å². The van der Waals surface area contributed by atoms with Gasteiger partial charge in [0.2, 0.25) is 0 Å². The molecule has 1 aromatic heterocycles. The van der Waals surface area contributed by atoms with Gasteiger partial charge in [-0.1, -0.05) is 6.07 Å². The highest BCUT2D eigenvalue weighted by Gasteiger charge is 2.50. The summed E-state index contributed by atoms with van der Waals surface area (Å²) in [4.78, 5) is 6.41. The van der Waals surface area contributed by atoms with E-state index in [0.717, 1.165) is 32.2 Å². The monoisotopic (exact) mass is 266 g/mol. The molecule has 0 N–H and O–H groups in total. The molecule has 0 spiro atoms. The number of rotatable bonds is 4. The fourth-order valence-electron chi connectivity index (χ4n) is 3.54. The Labute approximate surface area is 113 Å². The normalized spacial score (nSPS) is 32.3. The molecule has 18 heavy (non-hydrogen) atoms. The van der Waals surface area contributed by atoms with E-state index in [-0.39, 0.29) is 0 Å². The van der Waals surface area contributed by atoms with Crippen LogP contribution < -0.4 is 0 Å². The van der Waals surface area contributed by atoms with E-state index in [4.69, 9.17) is 4.74 Å². The Bertz CT molecular complexity index is 393. The number of hydrogen-bond acceptors (Lipinski definition) is 4. The van der Waals surface area contributed by atoms with Gasteiger partial charge in [0.05, 0.1) is 13.2 Å². The van der Waals surface area contributed by atoms with Gasteiger partial charge in [0.15, 0.2) is 0 Å². The highest BCUT2D eigenvalue weighted by Crippen LogP contribution is 2.42. The number of ether oxygens (including phenoxy) is 1. The lowest BCUT2D eigenvalue weighted by molar-refractivity contribution is 0.110. The lowest BCUT2D eigenvalue weighted by atomic mass is 9.81. The summed E-state index contributed by atoms with van der Waals surface area (Å²) in [5, 5.41) is 2.17. The molecule has 0 saturated carbocycles. The first-order valence-electron chi connectivity index (χ1n) is 6.65. The molecule has 0 bridgehead atoms. The van der Waals surface area contributed by atoms with Crippen molar-refractivity contribution in [2.45, 2.75) is 6.54 Å². The second-order valence-electron chi connectivity index (χ2n) is 6.06. The molecule has 0 aliphatic carbocycles. The molecule has 3 rings (SSSR count). The maximum absolute atomic E-state index is 5.75. The largest absolute Gasteiger partial charge is 0.380 e. The molecule has 0 aromatic carbocycles. The summed E-state index contributed by atoms with van der Waals surface area (Å²) in [5.74, 6) is 0.722. The number of likely N-dealkylation sites (tertiary alicyclic amines) is 1. The van der Waals surface area contributed by atoms with Crippen LogP contribution in [0.5, 0.6) is 0 Å². The summed E-state index contributed by atoms with van der Waals surface area (Å²) in [6, 6.07) is 4.39. The Morgan fingerprint density at radius 1 is 1.56 bits per heavy atom. The van der Waals surface area contributed by atoms with E-state index in [0.29, 0.717) is 5.41 Å². The quantitative estimate of drug-likeness (QED) is 0.826. The van der Waals surface area contributed by atoms with E-state index in [9.17, 15) is 0 Å². The molecule has 3 heterocycles. The van der Waals surface area contributed by atoms with Crippen molar-refractivity contribution < 1.29 is 4.74 Å². The summed E-state index contributed by atoms with van der Waals surface area (Å²) in [5.41, 5.74) is 0.376. The van der Waals surface area contributed by atoms with Gasteiger partial charge in [-0.15, -0.1) is 11.3 Å². The van der Waals surface area contributed by atoms with Crippen LogP contribution >= 0.6 is 11.3 Å². The molecule has 2 aliphatic heterocycles. The van der Waals surface area contributed by atoms with E-state index in [1.807, 2.05) is 11.3 Å².